The zero-order valence-electron chi connectivity index (χ0n) is 51.5. The molecule has 0 saturated carbocycles. The number of rotatable bonds is 31. The molecule has 4 bridgehead atoms. The van der Waals surface area contributed by atoms with Crippen molar-refractivity contribution in [1.82, 2.24) is 10.2 Å². The highest BCUT2D eigenvalue weighted by atomic mass is 16.5. The van der Waals surface area contributed by atoms with Crippen LogP contribution in [0.3, 0.4) is 0 Å². The van der Waals surface area contributed by atoms with Crippen molar-refractivity contribution in [2.45, 2.75) is 163 Å². The van der Waals surface area contributed by atoms with Crippen LogP contribution in [0.25, 0.3) is 11.1 Å². The molecule has 0 radical (unpaired) electrons. The molecule has 1 aliphatic rings. The van der Waals surface area contributed by atoms with Gasteiger partial charge in [0, 0.05) is 74.3 Å². The van der Waals surface area contributed by atoms with E-state index in [4.69, 9.17) is 40.9 Å². The van der Waals surface area contributed by atoms with Crippen molar-refractivity contribution in [1.29, 1.82) is 5.26 Å². The number of fused-ring (bicyclic) bond motifs is 5. The van der Waals surface area contributed by atoms with Crippen molar-refractivity contribution in [2.75, 3.05) is 60.2 Å². The summed E-state index contributed by atoms with van der Waals surface area (Å²) in [7, 11) is 2.93. The van der Waals surface area contributed by atoms with Gasteiger partial charge in [-0.25, -0.2) is 4.79 Å². The maximum atomic E-state index is 14.8. The lowest BCUT2D eigenvalue weighted by molar-refractivity contribution is -0.142. The molecule has 458 valence electrons. The van der Waals surface area contributed by atoms with Crippen LogP contribution in [0.4, 0.5) is 0 Å². The number of benzene rings is 4. The molecule has 4 atom stereocenters. The molecule has 4 aromatic rings. The van der Waals surface area contributed by atoms with Gasteiger partial charge in [-0.15, -0.1) is 0 Å². The molecule has 1 aliphatic heterocycles. The first kappa shape index (κ1) is 69.4. The summed E-state index contributed by atoms with van der Waals surface area (Å²) < 4.78 is 28.9. The quantitative estimate of drug-likeness (QED) is 0.0207. The number of carbonyl (C=O) groups excluding carboxylic acids is 6. The van der Waals surface area contributed by atoms with Crippen molar-refractivity contribution >= 4 is 35.1 Å². The molecular weight excluding hydrogens is 1060 g/mol. The summed E-state index contributed by atoms with van der Waals surface area (Å²) in [6, 6.07) is 17.9. The Labute approximate surface area is 499 Å². The van der Waals surface area contributed by atoms with E-state index in [1.54, 1.807) is 37.3 Å². The van der Waals surface area contributed by atoms with Gasteiger partial charge in [0.1, 0.15) is 42.3 Å². The Kier molecular flexibility index (Phi) is 30.2. The summed E-state index contributed by atoms with van der Waals surface area (Å²) >= 11 is 0. The van der Waals surface area contributed by atoms with Gasteiger partial charge in [-0.2, -0.15) is 5.26 Å². The fraction of sp³-hybridized carbons (Fsp3) is 0.537. The van der Waals surface area contributed by atoms with Crippen LogP contribution in [0.1, 0.15) is 177 Å². The average Bonchev–Trinajstić information content (AvgIpc) is 3.51. The molecule has 0 aliphatic carbocycles. The molecule has 0 saturated heterocycles. The SMILES string of the molecule is CCCCCCCOc1cc(C)c(C(=O)C[C@@H](CCN)C(=O)N(C)[C@@H]2C(=O)C[C@@H](C)C(=O)N[C@H](C(=O)CCC#N)Cc3ccc(OCCN)c(c3)-c3cc2ccc3OCCN)c(C)c1.CCCCCCCOc1cc(C)c(C(=O)OC)c(C)c1. The van der Waals surface area contributed by atoms with Crippen LogP contribution in [-0.4, -0.2) is 106 Å². The number of carbonyl (C=O) groups is 6. The van der Waals surface area contributed by atoms with Crippen LogP contribution in [0.15, 0.2) is 60.7 Å². The maximum absolute atomic E-state index is 14.8. The van der Waals surface area contributed by atoms with Crippen molar-refractivity contribution in [3.63, 3.8) is 0 Å². The van der Waals surface area contributed by atoms with Gasteiger partial charge in [0.2, 0.25) is 11.8 Å². The number of unbranched alkanes of at least 4 members (excludes halogenated alkanes) is 8. The van der Waals surface area contributed by atoms with Crippen LogP contribution in [-0.2, 0) is 30.3 Å². The predicted octanol–water partition coefficient (Wildman–Crippen LogP) is 10.7. The molecule has 0 unspecified atom stereocenters. The fourth-order valence-corrected chi connectivity index (χ4v) is 10.6. The van der Waals surface area contributed by atoms with E-state index < -0.39 is 41.5 Å². The molecule has 5 rings (SSSR count). The minimum Gasteiger partial charge on any atom is -0.494 e. The lowest BCUT2D eigenvalue weighted by atomic mass is 9.87. The van der Waals surface area contributed by atoms with E-state index >= 15 is 0 Å². The van der Waals surface area contributed by atoms with Crippen molar-refractivity contribution < 1.29 is 52.5 Å². The van der Waals surface area contributed by atoms with Gasteiger partial charge in [-0.3, -0.25) is 24.0 Å². The van der Waals surface area contributed by atoms with Gasteiger partial charge in [0.05, 0.1) is 38.0 Å². The number of aryl methyl sites for hydroxylation is 4. The number of nitrogens with two attached hydrogens (primary N) is 3. The van der Waals surface area contributed by atoms with E-state index in [1.165, 1.54) is 64.0 Å². The molecule has 84 heavy (non-hydrogen) atoms. The van der Waals surface area contributed by atoms with Crippen molar-refractivity contribution in [3.8, 4) is 40.2 Å². The summed E-state index contributed by atoms with van der Waals surface area (Å²) in [6.45, 7) is 15.8. The second kappa shape index (κ2) is 36.5. The molecule has 0 aromatic heterocycles. The normalized spacial score (nSPS) is 15.2. The molecule has 1 heterocycles. The highest BCUT2D eigenvalue weighted by molar-refractivity contribution is 6.02. The molecule has 7 N–H and O–H groups in total. The van der Waals surface area contributed by atoms with Crippen molar-refractivity contribution in [3.05, 3.63) is 105 Å². The van der Waals surface area contributed by atoms with Crippen molar-refractivity contribution in [2.24, 2.45) is 29.0 Å². The highest BCUT2D eigenvalue weighted by Gasteiger charge is 2.36. The number of nitrogens with zero attached hydrogens (tertiary/aromatic N) is 2. The zero-order valence-corrected chi connectivity index (χ0v) is 51.5. The first-order chi connectivity index (χ1) is 40.4. The van der Waals surface area contributed by atoms with Gasteiger partial charge < -0.3 is 51.1 Å². The average molecular weight is 1160 g/mol. The summed E-state index contributed by atoms with van der Waals surface area (Å²) in [5, 5.41) is 12.1. The number of Topliss-reactive ketones (excluding diaryl/α,β-unsaturated/α-hetero) is 3. The Balaban J connectivity index is 0.000000637. The first-order valence-corrected chi connectivity index (χ1v) is 30.1. The van der Waals surface area contributed by atoms with Gasteiger partial charge in [0.25, 0.3) is 0 Å². The van der Waals surface area contributed by atoms with Gasteiger partial charge in [-0.1, -0.05) is 84.3 Å². The van der Waals surface area contributed by atoms with E-state index in [0.29, 0.717) is 57.2 Å². The second-order valence-corrected chi connectivity index (χ2v) is 22.0. The van der Waals surface area contributed by atoms with E-state index in [2.05, 4.69) is 19.2 Å². The second-order valence-electron chi connectivity index (χ2n) is 22.0. The predicted molar refractivity (Wildman–Crippen MR) is 329 cm³/mol. The number of hydrogen-bond acceptors (Lipinski definition) is 15. The largest absolute Gasteiger partial charge is 0.494 e. The van der Waals surface area contributed by atoms with Crippen LogP contribution in [0, 0.1) is 50.9 Å². The molecule has 2 amide bonds. The Morgan fingerprint density at radius 1 is 0.679 bits per heavy atom. The molecule has 4 aromatic carbocycles. The lowest BCUT2D eigenvalue weighted by Crippen LogP contribution is -2.46. The molecular formula is C67H94N6O11. The van der Waals surface area contributed by atoms with Crippen LogP contribution in [0.2, 0.25) is 0 Å². The topological polar surface area (TPSA) is 266 Å². The number of methoxy groups -OCH3 is 1. The molecule has 17 heteroatoms. The minimum atomic E-state index is -1.21. The minimum absolute atomic E-state index is 0.0243. The smallest absolute Gasteiger partial charge is 0.338 e. The highest BCUT2D eigenvalue weighted by Crippen LogP contribution is 2.41. The lowest BCUT2D eigenvalue weighted by Gasteiger charge is -2.32. The zero-order chi connectivity index (χ0) is 61.7. The van der Waals surface area contributed by atoms with E-state index in [0.717, 1.165) is 53.9 Å². The number of nitriles is 1. The van der Waals surface area contributed by atoms with Crippen LogP contribution >= 0.6 is 0 Å². The van der Waals surface area contributed by atoms with Crippen LogP contribution in [0.5, 0.6) is 23.0 Å². The number of ketones is 3. The number of nitrogens with one attached hydrogen (secondary N) is 1. The third-order valence-electron chi connectivity index (χ3n) is 15.0. The van der Waals surface area contributed by atoms with Gasteiger partial charge in [-0.05, 0) is 142 Å². The van der Waals surface area contributed by atoms with E-state index in [1.807, 2.05) is 64.1 Å². The number of esters is 1. The summed E-state index contributed by atoms with van der Waals surface area (Å²) in [6.07, 6.45) is 11.5. The third-order valence-corrected chi connectivity index (χ3v) is 15.0. The number of likely N-dealkylation sites (N-methyl/N-ethyl adjacent to an activating group) is 1. The number of hydrogen-bond donors (Lipinski definition) is 4. The fourth-order valence-electron chi connectivity index (χ4n) is 10.6. The van der Waals surface area contributed by atoms with Gasteiger partial charge >= 0.3 is 5.97 Å². The summed E-state index contributed by atoms with van der Waals surface area (Å²) in [5.41, 5.74) is 24.4. The monoisotopic (exact) mass is 1160 g/mol. The van der Waals surface area contributed by atoms with Crippen LogP contribution < -0.4 is 41.5 Å². The van der Waals surface area contributed by atoms with Gasteiger partial charge in [0.15, 0.2) is 17.3 Å². The van der Waals surface area contributed by atoms with E-state index in [-0.39, 0.29) is 88.9 Å². The summed E-state index contributed by atoms with van der Waals surface area (Å²) in [5.74, 6) is -1.64. The standard InChI is InChI=1S/C50H68N6O8.C17H26O3/c1-6-7-8-9-10-22-62-38-25-32(2)47(33(3)26-38)43(58)31-37(17-19-52)50(61)56(5)48-36-14-16-46(64-24-21-54)40(30-36)39-28-35(13-15-45(39)63-23-20-53)29-41(42(57)12-11-18-51)55-49(60)34(4)27-44(48)59;1-5-6-7-8-9-10-20-15-11-13(2)16(14(3)12-15)17(18)19-4/h13-16,25-26,28,30,34,37,41,48H,6-12,17,19-24,27,29,31,52-54H2,1-5H3,(H,55,60);11-12H,5-10H2,1-4H3/t34-,37-,41+,48+;/m1./s1. The Morgan fingerprint density at radius 3 is 1.71 bits per heavy atom. The third kappa shape index (κ3) is 20.9. The maximum Gasteiger partial charge on any atom is 0.338 e. The molecule has 17 nitrogen and oxygen atoms in total. The Morgan fingerprint density at radius 2 is 1.20 bits per heavy atom. The number of amides is 2. The Hall–Kier alpha value is -7.13. The summed E-state index contributed by atoms with van der Waals surface area (Å²) in [4.78, 5) is 83.9. The van der Waals surface area contributed by atoms with E-state index in [9.17, 15) is 34.0 Å². The first-order valence-electron chi connectivity index (χ1n) is 30.1. The Bertz CT molecular complexity index is 2820. The molecule has 0 fully saturated rings. The molecule has 0 spiro atoms. The number of ether oxygens (including phenoxy) is 5.